The second-order valence-corrected chi connectivity index (χ2v) is 11.2. The first kappa shape index (κ1) is 31.1. The van der Waals surface area contributed by atoms with E-state index in [0.717, 1.165) is 22.5 Å². The van der Waals surface area contributed by atoms with Gasteiger partial charge in [0.1, 0.15) is 17.1 Å². The third kappa shape index (κ3) is 7.51. The topological polar surface area (TPSA) is 146 Å². The Morgan fingerprint density at radius 2 is 1.55 bits per heavy atom. The van der Waals surface area contributed by atoms with Crippen molar-refractivity contribution in [1.82, 2.24) is 20.2 Å². The number of carboxylic acid groups (broad SMARTS) is 1. The fourth-order valence-corrected chi connectivity index (χ4v) is 5.59. The van der Waals surface area contributed by atoms with Crippen LogP contribution in [0, 0.1) is 0 Å². The van der Waals surface area contributed by atoms with E-state index in [1.54, 1.807) is 36.7 Å². The number of phenolic OH excluding ortho intramolecular Hbond substituents is 1. The van der Waals surface area contributed by atoms with Crippen molar-refractivity contribution in [3.05, 3.63) is 136 Å². The number of carbonyl (C=O) groups excluding carboxylic acids is 1. The molecule has 0 atom stereocenters. The van der Waals surface area contributed by atoms with Gasteiger partial charge >= 0.3 is 5.97 Å². The number of nitrogens with one attached hydrogen (secondary N) is 1. The van der Waals surface area contributed by atoms with Gasteiger partial charge in [0.15, 0.2) is 5.43 Å². The zero-order valence-corrected chi connectivity index (χ0v) is 25.4. The highest BCUT2D eigenvalue weighted by Crippen LogP contribution is 2.41. The maximum absolute atomic E-state index is 12.9. The summed E-state index contributed by atoms with van der Waals surface area (Å²) in [6.45, 7) is 2.22. The number of aromatic nitrogens is 2. The number of fused-ring (bicyclic) bond motifs is 2. The van der Waals surface area contributed by atoms with Gasteiger partial charge in [0.2, 0.25) is 5.91 Å². The van der Waals surface area contributed by atoms with Crippen molar-refractivity contribution in [2.45, 2.75) is 25.9 Å². The molecule has 3 N–H and O–H groups in total. The Kier molecular flexibility index (Phi) is 9.31. The smallest absolute Gasteiger partial charge is 0.335 e. The highest BCUT2D eigenvalue weighted by molar-refractivity contribution is 6.03. The predicted octanol–water partition coefficient (Wildman–Crippen LogP) is 5.51. The minimum atomic E-state index is -1.04. The van der Waals surface area contributed by atoms with Crippen molar-refractivity contribution >= 4 is 22.8 Å². The van der Waals surface area contributed by atoms with Crippen LogP contribution < -0.4 is 10.7 Å². The molecule has 1 aliphatic heterocycles. The molecule has 6 rings (SSSR count). The zero-order chi connectivity index (χ0) is 32.8. The minimum absolute atomic E-state index is 0.0317. The number of nitrogens with zero attached hydrogens (tertiary/aromatic N) is 3. The predicted molar refractivity (Wildman–Crippen MR) is 177 cm³/mol. The van der Waals surface area contributed by atoms with E-state index in [0.29, 0.717) is 54.0 Å². The number of amides is 1. The van der Waals surface area contributed by atoms with E-state index in [-0.39, 0.29) is 35.5 Å². The summed E-state index contributed by atoms with van der Waals surface area (Å²) in [5.74, 6) is -0.884. The van der Waals surface area contributed by atoms with Crippen LogP contribution in [0.5, 0.6) is 5.75 Å². The molecule has 0 fully saturated rings. The van der Waals surface area contributed by atoms with E-state index in [1.807, 2.05) is 36.4 Å². The summed E-state index contributed by atoms with van der Waals surface area (Å²) in [4.78, 5) is 47.5. The minimum Gasteiger partial charge on any atom is -0.508 e. The number of hydrogen-bond acceptors (Lipinski definition) is 8. The molecule has 0 saturated carbocycles. The Hall–Kier alpha value is -5.87. The number of pyridine rings is 2. The summed E-state index contributed by atoms with van der Waals surface area (Å²) in [6.07, 6.45) is 3.94. The van der Waals surface area contributed by atoms with Gasteiger partial charge in [-0.1, -0.05) is 24.3 Å². The summed E-state index contributed by atoms with van der Waals surface area (Å²) in [7, 11) is 0. The van der Waals surface area contributed by atoms with Crippen LogP contribution in [0.25, 0.3) is 33.4 Å². The molecule has 2 aromatic heterocycles. The summed E-state index contributed by atoms with van der Waals surface area (Å²) in [6, 6.07) is 25.8. The van der Waals surface area contributed by atoms with Crippen LogP contribution in [0.4, 0.5) is 0 Å². The molecular formula is C37H32N4O6. The lowest BCUT2D eigenvalue weighted by atomic mass is 9.92. The second-order valence-electron chi connectivity index (χ2n) is 11.2. The van der Waals surface area contributed by atoms with Gasteiger partial charge in [-0.3, -0.25) is 24.5 Å². The monoisotopic (exact) mass is 628 g/mol. The van der Waals surface area contributed by atoms with Gasteiger partial charge < -0.3 is 19.9 Å². The molecular weight excluding hydrogens is 596 g/mol. The standard InChI is InChI=1S/C37H32N4O6/c42-29-12-13-30-33(20-29)47-34-21-32(43)26(19-31(34)36(30)24-7-9-25(10-8-24)37(45)46)11-14-35(44)40-17-18-41(22-27-5-1-3-15-38-27)23-28-6-2-4-16-39-28/h1-10,12-13,15-16,19-21,43H,11,14,17-18,22-23H2,(H,40,44)(H,45,46). The van der Waals surface area contributed by atoms with Crippen LogP contribution in [-0.4, -0.2) is 50.0 Å². The van der Waals surface area contributed by atoms with E-state index < -0.39 is 5.97 Å². The molecule has 1 aliphatic carbocycles. The van der Waals surface area contributed by atoms with Crippen molar-refractivity contribution in [2.24, 2.45) is 0 Å². The SMILES string of the molecule is O=C(CCc1cc2c(-c3ccc(C(=O)O)cc3)c3ccc(=O)cc-3oc2cc1O)NCCN(Cc1ccccn1)Cc1ccccn1. The number of phenols is 1. The van der Waals surface area contributed by atoms with Crippen molar-refractivity contribution in [2.75, 3.05) is 13.1 Å². The average Bonchev–Trinajstić information content (AvgIpc) is 3.07. The Bertz CT molecular complexity index is 2000. The Balaban J connectivity index is 1.18. The first-order valence-electron chi connectivity index (χ1n) is 15.2. The van der Waals surface area contributed by atoms with Gasteiger partial charge in [-0.2, -0.15) is 0 Å². The number of aromatic carboxylic acids is 1. The molecule has 47 heavy (non-hydrogen) atoms. The van der Waals surface area contributed by atoms with Crippen LogP contribution in [0.3, 0.4) is 0 Å². The van der Waals surface area contributed by atoms with Crippen LogP contribution in [0.15, 0.2) is 113 Å². The fraction of sp³-hybridized carbons (Fsp3) is 0.162. The quantitative estimate of drug-likeness (QED) is 0.149. The number of hydrogen-bond donors (Lipinski definition) is 3. The van der Waals surface area contributed by atoms with E-state index in [2.05, 4.69) is 20.2 Å². The van der Waals surface area contributed by atoms with Crippen molar-refractivity contribution in [3.63, 3.8) is 0 Å². The maximum Gasteiger partial charge on any atom is 0.335 e. The molecule has 0 unspecified atom stereocenters. The molecule has 0 bridgehead atoms. The number of carbonyl (C=O) groups is 2. The number of benzene rings is 3. The lowest BCUT2D eigenvalue weighted by Gasteiger charge is -2.22. The summed E-state index contributed by atoms with van der Waals surface area (Å²) in [5, 5.41) is 23.9. The van der Waals surface area contributed by atoms with Crippen LogP contribution in [-0.2, 0) is 24.3 Å². The largest absolute Gasteiger partial charge is 0.508 e. The third-order valence-electron chi connectivity index (χ3n) is 7.91. The van der Waals surface area contributed by atoms with Crippen molar-refractivity contribution in [1.29, 1.82) is 0 Å². The molecule has 3 heterocycles. The van der Waals surface area contributed by atoms with Crippen LogP contribution in [0.1, 0.15) is 33.7 Å². The molecule has 2 aliphatic rings. The van der Waals surface area contributed by atoms with Gasteiger partial charge in [-0.15, -0.1) is 0 Å². The van der Waals surface area contributed by atoms with Crippen LogP contribution >= 0.6 is 0 Å². The van der Waals surface area contributed by atoms with E-state index in [4.69, 9.17) is 4.42 Å². The molecule has 236 valence electrons. The lowest BCUT2D eigenvalue weighted by Crippen LogP contribution is -2.34. The zero-order valence-electron chi connectivity index (χ0n) is 25.4. The number of carboxylic acids is 1. The highest BCUT2D eigenvalue weighted by Gasteiger charge is 2.20. The van der Waals surface area contributed by atoms with Gasteiger partial charge in [0.05, 0.1) is 17.0 Å². The normalized spacial score (nSPS) is 11.3. The van der Waals surface area contributed by atoms with E-state index in [9.17, 15) is 24.6 Å². The van der Waals surface area contributed by atoms with Crippen LogP contribution in [0.2, 0.25) is 0 Å². The molecule has 10 nitrogen and oxygen atoms in total. The summed E-state index contributed by atoms with van der Waals surface area (Å²) >= 11 is 0. The Labute approximate surface area is 270 Å². The maximum atomic E-state index is 12.9. The van der Waals surface area contributed by atoms with E-state index in [1.165, 1.54) is 30.3 Å². The molecule has 10 heteroatoms. The van der Waals surface area contributed by atoms with Crippen molar-refractivity contribution < 1.29 is 24.2 Å². The molecule has 0 saturated heterocycles. The molecule has 0 spiro atoms. The second kappa shape index (κ2) is 14.1. The Morgan fingerprint density at radius 1 is 0.851 bits per heavy atom. The molecule has 4 aromatic rings. The lowest BCUT2D eigenvalue weighted by molar-refractivity contribution is -0.121. The number of aryl methyl sites for hydroxylation is 1. The first-order chi connectivity index (χ1) is 22.8. The first-order valence-corrected chi connectivity index (χ1v) is 15.2. The third-order valence-corrected chi connectivity index (χ3v) is 7.91. The van der Waals surface area contributed by atoms with Gasteiger partial charge in [-0.25, -0.2) is 4.79 Å². The molecule has 2 aromatic carbocycles. The average molecular weight is 629 g/mol. The highest BCUT2D eigenvalue weighted by atomic mass is 16.4. The summed E-state index contributed by atoms with van der Waals surface area (Å²) in [5.41, 5.74) is 4.78. The van der Waals surface area contributed by atoms with Gasteiger partial charge in [-0.05, 0) is 72.1 Å². The Morgan fingerprint density at radius 3 is 2.19 bits per heavy atom. The number of rotatable bonds is 12. The number of aromatic hydroxyl groups is 1. The van der Waals surface area contributed by atoms with E-state index >= 15 is 0 Å². The van der Waals surface area contributed by atoms with Gasteiger partial charge in [0, 0.05) is 73.6 Å². The molecule has 1 amide bonds. The molecule has 0 radical (unpaired) electrons. The fourth-order valence-electron chi connectivity index (χ4n) is 5.59. The summed E-state index contributed by atoms with van der Waals surface area (Å²) < 4.78 is 6.03. The van der Waals surface area contributed by atoms with Gasteiger partial charge in [0.25, 0.3) is 0 Å². The van der Waals surface area contributed by atoms with Crippen molar-refractivity contribution in [3.8, 4) is 28.2 Å².